The molecule has 1 unspecified atom stereocenters. The number of thiophene rings is 1. The van der Waals surface area contributed by atoms with Crippen molar-refractivity contribution in [1.82, 2.24) is 10.6 Å². The van der Waals surface area contributed by atoms with E-state index in [1.54, 1.807) is 18.4 Å². The summed E-state index contributed by atoms with van der Waals surface area (Å²) in [6, 6.07) is 10.3. The number of hydrogen-bond acceptors (Lipinski definition) is 3. The van der Waals surface area contributed by atoms with Crippen molar-refractivity contribution >= 4 is 17.3 Å². The number of para-hydroxylation sites is 1. The van der Waals surface area contributed by atoms with Gasteiger partial charge in [-0.2, -0.15) is 11.3 Å². The lowest BCUT2D eigenvalue weighted by molar-refractivity contribution is 0.235. The number of ether oxygens (including phenoxy) is 1. The van der Waals surface area contributed by atoms with Gasteiger partial charge in [0, 0.05) is 20.0 Å². The van der Waals surface area contributed by atoms with Crippen molar-refractivity contribution in [2.75, 3.05) is 13.6 Å². The van der Waals surface area contributed by atoms with Crippen LogP contribution in [0.5, 0.6) is 5.75 Å². The van der Waals surface area contributed by atoms with Crippen LogP contribution in [0, 0.1) is 0 Å². The molecule has 21 heavy (non-hydrogen) atoms. The summed E-state index contributed by atoms with van der Waals surface area (Å²) in [4.78, 5) is 4.24. The van der Waals surface area contributed by atoms with E-state index in [4.69, 9.17) is 4.74 Å². The molecule has 1 aromatic carbocycles. The Bertz CT molecular complexity index is 585. The third-order valence-corrected chi connectivity index (χ3v) is 4.21. The van der Waals surface area contributed by atoms with Crippen LogP contribution >= 0.6 is 11.3 Å². The van der Waals surface area contributed by atoms with Crippen LogP contribution in [0.15, 0.2) is 46.1 Å². The van der Waals surface area contributed by atoms with E-state index in [9.17, 15) is 0 Å². The molecular formula is C16H19N3OS. The van der Waals surface area contributed by atoms with Crippen LogP contribution in [-0.4, -0.2) is 25.7 Å². The molecule has 4 nitrogen and oxygen atoms in total. The van der Waals surface area contributed by atoms with Crippen LogP contribution in [0.2, 0.25) is 0 Å². The van der Waals surface area contributed by atoms with Crippen LogP contribution in [-0.2, 0) is 13.0 Å². The van der Waals surface area contributed by atoms with Crippen molar-refractivity contribution in [3.8, 4) is 5.75 Å². The molecule has 2 N–H and O–H groups in total. The molecule has 0 amide bonds. The zero-order valence-corrected chi connectivity index (χ0v) is 12.8. The molecule has 2 aromatic rings. The average molecular weight is 301 g/mol. The first kappa shape index (κ1) is 13.9. The van der Waals surface area contributed by atoms with Gasteiger partial charge in [0.2, 0.25) is 0 Å². The molecule has 0 bridgehead atoms. The predicted octanol–water partition coefficient (Wildman–Crippen LogP) is 2.42. The molecule has 2 heterocycles. The van der Waals surface area contributed by atoms with Gasteiger partial charge in [-0.3, -0.25) is 4.99 Å². The summed E-state index contributed by atoms with van der Waals surface area (Å²) in [5.74, 6) is 1.81. The molecule has 0 saturated carbocycles. The molecule has 0 aliphatic carbocycles. The molecular weight excluding hydrogens is 282 g/mol. The molecule has 0 fully saturated rings. The molecule has 0 radical (unpaired) electrons. The standard InChI is InChI=1S/C16H19N3OS/c1-17-16(18-9-12-6-7-21-11-12)19-10-14-8-13-4-2-3-5-15(13)20-14/h2-7,11,14H,8-10H2,1H3,(H2,17,18,19). The van der Waals surface area contributed by atoms with Crippen molar-refractivity contribution < 1.29 is 4.74 Å². The maximum Gasteiger partial charge on any atom is 0.191 e. The van der Waals surface area contributed by atoms with Crippen molar-refractivity contribution in [3.63, 3.8) is 0 Å². The van der Waals surface area contributed by atoms with E-state index in [1.807, 2.05) is 12.1 Å². The third-order valence-electron chi connectivity index (χ3n) is 3.47. The van der Waals surface area contributed by atoms with Crippen LogP contribution in [0.4, 0.5) is 0 Å². The van der Waals surface area contributed by atoms with Crippen LogP contribution < -0.4 is 15.4 Å². The van der Waals surface area contributed by atoms with Gasteiger partial charge in [-0.25, -0.2) is 0 Å². The molecule has 1 aliphatic rings. The maximum atomic E-state index is 5.91. The highest BCUT2D eigenvalue weighted by molar-refractivity contribution is 7.07. The lowest BCUT2D eigenvalue weighted by atomic mass is 10.1. The maximum absolute atomic E-state index is 5.91. The highest BCUT2D eigenvalue weighted by Gasteiger charge is 2.22. The molecule has 110 valence electrons. The summed E-state index contributed by atoms with van der Waals surface area (Å²) in [5.41, 5.74) is 2.55. The Morgan fingerprint density at radius 1 is 1.33 bits per heavy atom. The Balaban J connectivity index is 1.46. The largest absolute Gasteiger partial charge is 0.488 e. The van der Waals surface area contributed by atoms with E-state index in [2.05, 4.69) is 44.6 Å². The van der Waals surface area contributed by atoms with E-state index in [1.165, 1.54) is 11.1 Å². The van der Waals surface area contributed by atoms with Crippen LogP contribution in [0.1, 0.15) is 11.1 Å². The normalized spacial score (nSPS) is 17.2. The minimum atomic E-state index is 0.169. The smallest absolute Gasteiger partial charge is 0.191 e. The topological polar surface area (TPSA) is 45.7 Å². The fraction of sp³-hybridized carbons (Fsp3) is 0.312. The lowest BCUT2D eigenvalue weighted by Crippen LogP contribution is -2.41. The summed E-state index contributed by atoms with van der Waals surface area (Å²) in [7, 11) is 1.78. The van der Waals surface area contributed by atoms with Crippen molar-refractivity contribution in [2.45, 2.75) is 19.1 Å². The second-order valence-electron chi connectivity index (χ2n) is 4.99. The molecule has 3 rings (SSSR count). The number of nitrogens with zero attached hydrogens (tertiary/aromatic N) is 1. The molecule has 0 saturated heterocycles. The van der Waals surface area contributed by atoms with Gasteiger partial charge in [0.15, 0.2) is 5.96 Å². The van der Waals surface area contributed by atoms with E-state index >= 15 is 0 Å². The van der Waals surface area contributed by atoms with E-state index in [0.29, 0.717) is 0 Å². The van der Waals surface area contributed by atoms with Gasteiger partial charge in [0.05, 0.1) is 6.54 Å². The van der Waals surface area contributed by atoms with E-state index < -0.39 is 0 Å². The second kappa shape index (κ2) is 6.63. The quantitative estimate of drug-likeness (QED) is 0.673. The Hall–Kier alpha value is -2.01. The Labute approximate surface area is 128 Å². The third kappa shape index (κ3) is 3.55. The molecule has 1 aromatic heterocycles. The second-order valence-corrected chi connectivity index (χ2v) is 5.77. The van der Waals surface area contributed by atoms with E-state index in [0.717, 1.165) is 31.2 Å². The van der Waals surface area contributed by atoms with E-state index in [-0.39, 0.29) is 6.10 Å². The van der Waals surface area contributed by atoms with Gasteiger partial charge in [0.1, 0.15) is 11.9 Å². The minimum Gasteiger partial charge on any atom is -0.488 e. The summed E-state index contributed by atoms with van der Waals surface area (Å²) < 4.78 is 5.91. The van der Waals surface area contributed by atoms with Crippen LogP contribution in [0.3, 0.4) is 0 Å². The summed E-state index contributed by atoms with van der Waals surface area (Å²) in [6.07, 6.45) is 1.12. The highest BCUT2D eigenvalue weighted by atomic mass is 32.1. The van der Waals surface area contributed by atoms with Crippen molar-refractivity contribution in [3.05, 3.63) is 52.2 Å². The van der Waals surface area contributed by atoms with Gasteiger partial charge in [-0.15, -0.1) is 0 Å². The lowest BCUT2D eigenvalue weighted by Gasteiger charge is -2.15. The van der Waals surface area contributed by atoms with Gasteiger partial charge in [0.25, 0.3) is 0 Å². The summed E-state index contributed by atoms with van der Waals surface area (Å²) >= 11 is 1.71. The van der Waals surface area contributed by atoms with Gasteiger partial charge >= 0.3 is 0 Å². The average Bonchev–Trinajstić information content (AvgIpc) is 3.16. The van der Waals surface area contributed by atoms with Crippen molar-refractivity contribution in [2.24, 2.45) is 4.99 Å². The first-order chi connectivity index (χ1) is 10.3. The Kier molecular flexibility index (Phi) is 4.40. The summed E-state index contributed by atoms with van der Waals surface area (Å²) in [5, 5.41) is 10.8. The predicted molar refractivity (Wildman–Crippen MR) is 87.1 cm³/mol. The first-order valence-electron chi connectivity index (χ1n) is 7.05. The number of rotatable bonds is 4. The Morgan fingerprint density at radius 2 is 2.24 bits per heavy atom. The fourth-order valence-corrected chi connectivity index (χ4v) is 3.05. The SMILES string of the molecule is CN=C(NCc1ccsc1)NCC1Cc2ccccc2O1. The fourth-order valence-electron chi connectivity index (χ4n) is 2.38. The number of hydrogen-bond donors (Lipinski definition) is 2. The number of guanidine groups is 1. The molecule has 5 heteroatoms. The zero-order valence-electron chi connectivity index (χ0n) is 12.0. The van der Waals surface area contributed by atoms with Gasteiger partial charge in [-0.1, -0.05) is 18.2 Å². The van der Waals surface area contributed by atoms with Crippen molar-refractivity contribution in [1.29, 1.82) is 0 Å². The monoisotopic (exact) mass is 301 g/mol. The zero-order chi connectivity index (χ0) is 14.5. The molecule has 1 atom stereocenters. The number of nitrogens with one attached hydrogen (secondary N) is 2. The summed E-state index contributed by atoms with van der Waals surface area (Å²) in [6.45, 7) is 1.53. The van der Waals surface area contributed by atoms with Gasteiger partial charge in [-0.05, 0) is 34.0 Å². The Morgan fingerprint density at radius 3 is 3.00 bits per heavy atom. The van der Waals surface area contributed by atoms with Crippen LogP contribution in [0.25, 0.3) is 0 Å². The molecule has 0 spiro atoms. The van der Waals surface area contributed by atoms with Gasteiger partial charge < -0.3 is 15.4 Å². The number of fused-ring (bicyclic) bond motifs is 1. The highest BCUT2D eigenvalue weighted by Crippen LogP contribution is 2.27. The minimum absolute atomic E-state index is 0.169. The first-order valence-corrected chi connectivity index (χ1v) is 7.99. The number of benzene rings is 1. The number of aliphatic imine (C=N–C) groups is 1. The molecule has 1 aliphatic heterocycles.